The normalized spacial score (nSPS) is 17.0. The molecule has 5 heteroatoms. The fourth-order valence-corrected chi connectivity index (χ4v) is 2.45. The highest BCUT2D eigenvalue weighted by atomic mass is 79.9. The second kappa shape index (κ2) is 4.77. The van der Waals surface area contributed by atoms with E-state index in [9.17, 15) is 8.78 Å². The lowest BCUT2D eigenvalue weighted by molar-refractivity contribution is -0.0449. The predicted octanol–water partition coefficient (Wildman–Crippen LogP) is 3.34. The van der Waals surface area contributed by atoms with E-state index >= 15 is 0 Å². The lowest BCUT2D eigenvalue weighted by Gasteiger charge is -2.15. The third-order valence-electron chi connectivity index (χ3n) is 2.50. The zero-order chi connectivity index (χ0) is 11.7. The van der Waals surface area contributed by atoms with Gasteiger partial charge in [0.25, 0.3) is 0 Å². The molecule has 0 atom stereocenters. The molecule has 1 fully saturated rings. The van der Waals surface area contributed by atoms with Gasteiger partial charge in [-0.2, -0.15) is 0 Å². The summed E-state index contributed by atoms with van der Waals surface area (Å²) >= 11 is 3.27. The number of halogens is 3. The Kier molecular flexibility index (Phi) is 3.56. The molecule has 1 aliphatic heterocycles. The van der Waals surface area contributed by atoms with Crippen LogP contribution in [0.5, 0.6) is 0 Å². The van der Waals surface area contributed by atoms with Crippen molar-refractivity contribution in [1.82, 2.24) is 0 Å². The summed E-state index contributed by atoms with van der Waals surface area (Å²) in [5.41, 5.74) is 0.822. The summed E-state index contributed by atoms with van der Waals surface area (Å²) in [4.78, 5) is 0. The molecule has 1 aliphatic rings. The number of hydrogen-bond donors (Lipinski definition) is 0. The summed E-state index contributed by atoms with van der Waals surface area (Å²) in [5, 5.41) is 0. The van der Waals surface area contributed by atoms with Crippen LogP contribution in [0.1, 0.15) is 24.3 Å². The molecule has 0 aromatic heterocycles. The minimum Gasteiger partial charge on any atom is -0.346 e. The molecule has 88 valence electrons. The molecule has 2 nitrogen and oxygen atoms in total. The molecular formula is C11H11BrF2O2. The monoisotopic (exact) mass is 292 g/mol. The predicted molar refractivity (Wildman–Crippen MR) is 58.1 cm³/mol. The molecule has 0 unspecified atom stereocenters. The Labute approximate surface area is 101 Å². The molecule has 0 bridgehead atoms. The van der Waals surface area contributed by atoms with Crippen LogP contribution in [0.2, 0.25) is 0 Å². The molecule has 0 N–H and O–H groups in total. The first-order chi connectivity index (χ1) is 7.65. The van der Waals surface area contributed by atoms with Crippen LogP contribution in [-0.4, -0.2) is 13.2 Å². The Morgan fingerprint density at radius 2 is 2.00 bits per heavy atom. The van der Waals surface area contributed by atoms with Crippen molar-refractivity contribution in [3.05, 3.63) is 33.3 Å². The average molecular weight is 293 g/mol. The van der Waals surface area contributed by atoms with Crippen LogP contribution in [0.25, 0.3) is 0 Å². The molecule has 1 heterocycles. The number of benzene rings is 1. The largest absolute Gasteiger partial charge is 0.346 e. The number of ether oxygens (including phenoxy) is 2. The minimum atomic E-state index is -0.867. The standard InChI is InChI=1S/C11H11BrF2O2/c1-2-6-9(12)7(5-8(13)10(6)14)11-15-3-4-16-11/h5,11H,2-4H2,1H3. The van der Waals surface area contributed by atoms with Crippen molar-refractivity contribution in [3.63, 3.8) is 0 Å². The van der Waals surface area contributed by atoms with Crippen molar-refractivity contribution < 1.29 is 18.3 Å². The summed E-state index contributed by atoms with van der Waals surface area (Å²) in [6, 6.07) is 1.12. The Morgan fingerprint density at radius 1 is 1.38 bits per heavy atom. The van der Waals surface area contributed by atoms with E-state index in [0.29, 0.717) is 35.2 Å². The van der Waals surface area contributed by atoms with E-state index in [4.69, 9.17) is 9.47 Å². The average Bonchev–Trinajstić information content (AvgIpc) is 2.77. The summed E-state index contributed by atoms with van der Waals surface area (Å²) in [5.74, 6) is -1.68. The SMILES string of the molecule is CCc1c(F)c(F)cc(C2OCCO2)c1Br. The van der Waals surface area contributed by atoms with Crippen LogP contribution in [0, 0.1) is 11.6 Å². The Morgan fingerprint density at radius 3 is 2.56 bits per heavy atom. The van der Waals surface area contributed by atoms with Gasteiger partial charge in [-0.3, -0.25) is 0 Å². The van der Waals surface area contributed by atoms with Gasteiger partial charge in [0.1, 0.15) is 0 Å². The molecule has 0 amide bonds. The Hall–Kier alpha value is -0.520. The van der Waals surface area contributed by atoms with Gasteiger partial charge in [-0.15, -0.1) is 0 Å². The highest BCUT2D eigenvalue weighted by molar-refractivity contribution is 9.10. The highest BCUT2D eigenvalue weighted by Gasteiger charge is 2.25. The van der Waals surface area contributed by atoms with Crippen LogP contribution in [-0.2, 0) is 15.9 Å². The van der Waals surface area contributed by atoms with E-state index in [-0.39, 0.29) is 0 Å². The Bertz CT molecular complexity index is 403. The van der Waals surface area contributed by atoms with Crippen LogP contribution in [0.3, 0.4) is 0 Å². The topological polar surface area (TPSA) is 18.5 Å². The maximum Gasteiger partial charge on any atom is 0.185 e. The summed E-state index contributed by atoms with van der Waals surface area (Å²) < 4.78 is 37.9. The molecule has 1 aromatic carbocycles. The van der Waals surface area contributed by atoms with E-state index < -0.39 is 17.9 Å². The first-order valence-electron chi connectivity index (χ1n) is 5.04. The molecule has 1 saturated heterocycles. The van der Waals surface area contributed by atoms with E-state index in [1.54, 1.807) is 6.92 Å². The van der Waals surface area contributed by atoms with Crippen molar-refractivity contribution in [3.8, 4) is 0 Å². The van der Waals surface area contributed by atoms with Gasteiger partial charge in [-0.1, -0.05) is 6.92 Å². The molecule has 16 heavy (non-hydrogen) atoms. The fourth-order valence-electron chi connectivity index (χ4n) is 1.70. The van der Waals surface area contributed by atoms with E-state index in [2.05, 4.69) is 15.9 Å². The fraction of sp³-hybridized carbons (Fsp3) is 0.455. The number of rotatable bonds is 2. The van der Waals surface area contributed by atoms with Gasteiger partial charge in [0.15, 0.2) is 17.9 Å². The maximum absolute atomic E-state index is 13.4. The highest BCUT2D eigenvalue weighted by Crippen LogP contribution is 2.34. The molecule has 0 saturated carbocycles. The quantitative estimate of drug-likeness (QED) is 0.779. The summed E-state index contributed by atoms with van der Waals surface area (Å²) in [7, 11) is 0. The van der Waals surface area contributed by atoms with Crippen molar-refractivity contribution in [2.24, 2.45) is 0 Å². The summed E-state index contributed by atoms with van der Waals surface area (Å²) in [6.45, 7) is 2.71. The first-order valence-corrected chi connectivity index (χ1v) is 5.84. The van der Waals surface area contributed by atoms with Crippen LogP contribution < -0.4 is 0 Å². The second-order valence-electron chi connectivity index (χ2n) is 3.48. The zero-order valence-electron chi connectivity index (χ0n) is 8.73. The minimum absolute atomic E-state index is 0.314. The zero-order valence-corrected chi connectivity index (χ0v) is 10.3. The number of hydrogen-bond acceptors (Lipinski definition) is 2. The van der Waals surface area contributed by atoms with Crippen molar-refractivity contribution >= 4 is 15.9 Å². The van der Waals surface area contributed by atoms with Crippen LogP contribution in [0.15, 0.2) is 10.5 Å². The molecular weight excluding hydrogens is 282 g/mol. The maximum atomic E-state index is 13.4. The van der Waals surface area contributed by atoms with Gasteiger partial charge in [-0.05, 0) is 28.4 Å². The van der Waals surface area contributed by atoms with Crippen LogP contribution in [0.4, 0.5) is 8.78 Å². The van der Waals surface area contributed by atoms with Crippen molar-refractivity contribution in [2.75, 3.05) is 13.2 Å². The lowest BCUT2D eigenvalue weighted by Crippen LogP contribution is -2.05. The van der Waals surface area contributed by atoms with Crippen molar-refractivity contribution in [2.45, 2.75) is 19.6 Å². The molecule has 2 rings (SSSR count). The third kappa shape index (κ3) is 1.99. The van der Waals surface area contributed by atoms with Gasteiger partial charge < -0.3 is 9.47 Å². The molecule has 0 spiro atoms. The van der Waals surface area contributed by atoms with Crippen LogP contribution >= 0.6 is 15.9 Å². The van der Waals surface area contributed by atoms with E-state index in [1.807, 2.05) is 0 Å². The van der Waals surface area contributed by atoms with Gasteiger partial charge in [0, 0.05) is 15.6 Å². The van der Waals surface area contributed by atoms with Gasteiger partial charge in [-0.25, -0.2) is 8.78 Å². The smallest absolute Gasteiger partial charge is 0.185 e. The summed E-state index contributed by atoms with van der Waals surface area (Å²) in [6.07, 6.45) is -0.195. The van der Waals surface area contributed by atoms with Crippen molar-refractivity contribution in [1.29, 1.82) is 0 Å². The third-order valence-corrected chi connectivity index (χ3v) is 3.44. The second-order valence-corrected chi connectivity index (χ2v) is 4.27. The first kappa shape index (κ1) is 12.0. The molecule has 0 aliphatic carbocycles. The van der Waals surface area contributed by atoms with Gasteiger partial charge in [0.2, 0.25) is 0 Å². The van der Waals surface area contributed by atoms with E-state index in [1.165, 1.54) is 0 Å². The van der Waals surface area contributed by atoms with Gasteiger partial charge >= 0.3 is 0 Å². The lowest BCUT2D eigenvalue weighted by atomic mass is 10.1. The molecule has 1 aromatic rings. The van der Waals surface area contributed by atoms with Gasteiger partial charge in [0.05, 0.1) is 13.2 Å². The Balaban J connectivity index is 2.49. The molecule has 0 radical (unpaired) electrons. The van der Waals surface area contributed by atoms with E-state index in [0.717, 1.165) is 6.07 Å².